The topological polar surface area (TPSA) is 88.6 Å². The van der Waals surface area contributed by atoms with Gasteiger partial charge in [-0.25, -0.2) is 8.42 Å². The fourth-order valence-electron chi connectivity index (χ4n) is 5.32. The summed E-state index contributed by atoms with van der Waals surface area (Å²) in [6.07, 6.45) is 1.42. The van der Waals surface area contributed by atoms with Gasteiger partial charge >= 0.3 is 0 Å². The minimum absolute atomic E-state index is 0.0133. The zero-order chi connectivity index (χ0) is 27.6. The molecule has 2 saturated heterocycles. The van der Waals surface area contributed by atoms with Gasteiger partial charge in [0.2, 0.25) is 15.9 Å². The first-order chi connectivity index (χ1) is 18.6. The minimum Gasteiger partial charge on any atom is -0.493 e. The molecule has 0 radical (unpaired) electrons. The molecule has 0 N–H and O–H groups in total. The molecular weight excluding hydrogens is 565 g/mol. The third kappa shape index (κ3) is 6.41. The molecule has 1 amide bonds. The number of halogens is 2. The van der Waals surface area contributed by atoms with Gasteiger partial charge in [-0.1, -0.05) is 23.2 Å². The molecule has 1 unspecified atom stereocenters. The lowest BCUT2D eigenvalue weighted by Crippen LogP contribution is -2.53. The molecule has 2 aromatic rings. The molecule has 0 spiro atoms. The number of fused-ring (bicyclic) bond motifs is 1. The number of benzene rings is 2. The van der Waals surface area contributed by atoms with Crippen LogP contribution in [0.1, 0.15) is 19.3 Å². The number of ether oxygens (including phenoxy) is 3. The maximum absolute atomic E-state index is 13.9. The van der Waals surface area contributed by atoms with Gasteiger partial charge in [0.15, 0.2) is 11.5 Å². The van der Waals surface area contributed by atoms with E-state index in [2.05, 4.69) is 4.90 Å². The predicted molar refractivity (Wildman–Crippen MR) is 149 cm³/mol. The van der Waals surface area contributed by atoms with E-state index in [4.69, 9.17) is 37.4 Å². The van der Waals surface area contributed by atoms with Gasteiger partial charge in [-0.15, -0.1) is 0 Å². The summed E-state index contributed by atoms with van der Waals surface area (Å²) in [6.45, 7) is 4.26. The summed E-state index contributed by atoms with van der Waals surface area (Å²) >= 11 is 12.5. The highest BCUT2D eigenvalue weighted by Crippen LogP contribution is 2.41. The van der Waals surface area contributed by atoms with Gasteiger partial charge < -0.3 is 24.0 Å². The number of piperidine rings is 1. The average Bonchev–Trinajstić information content (AvgIpc) is 2.93. The van der Waals surface area contributed by atoms with Crippen LogP contribution in [0.5, 0.6) is 17.2 Å². The zero-order valence-electron chi connectivity index (χ0n) is 21.9. The summed E-state index contributed by atoms with van der Waals surface area (Å²) in [6, 6.07) is 9.93. The number of sulfonamides is 1. The standard InChI is InChI=1S/C27H33Cl2N3O6S/c1-30-9-11-31(12-10-30)26(33)17-27(19-38-21-5-3-20(28)4-6-21)7-2-8-32(18-27)39(34,35)25-16-24-23(15-22(25)29)36-13-14-37-24/h3-6,15-16H,2,7-14,17-19H2,1H3. The van der Waals surface area contributed by atoms with Gasteiger partial charge in [-0.2, -0.15) is 4.31 Å². The number of piperazine rings is 1. The first kappa shape index (κ1) is 28.3. The van der Waals surface area contributed by atoms with E-state index in [-0.39, 0.29) is 35.4 Å². The molecule has 0 aliphatic carbocycles. The van der Waals surface area contributed by atoms with Crippen LogP contribution in [-0.4, -0.2) is 94.6 Å². The number of hydrogen-bond acceptors (Lipinski definition) is 7. The Bertz CT molecular complexity index is 1300. The molecule has 2 aromatic carbocycles. The summed E-state index contributed by atoms with van der Waals surface area (Å²) in [5.74, 6) is 1.40. The highest BCUT2D eigenvalue weighted by Gasteiger charge is 2.44. The molecule has 3 aliphatic heterocycles. The van der Waals surface area contributed by atoms with Gasteiger partial charge in [0, 0.05) is 68.3 Å². The lowest BCUT2D eigenvalue weighted by atomic mass is 9.78. The Morgan fingerprint density at radius 3 is 2.36 bits per heavy atom. The number of hydrogen-bond donors (Lipinski definition) is 0. The quantitative estimate of drug-likeness (QED) is 0.480. The van der Waals surface area contributed by atoms with Crippen molar-refractivity contribution in [1.29, 1.82) is 0 Å². The molecule has 0 bridgehead atoms. The SMILES string of the molecule is CN1CCN(C(=O)CC2(COc3ccc(Cl)cc3)CCCN(S(=O)(=O)c3cc4c(cc3Cl)OCCO4)C2)CC1. The molecule has 212 valence electrons. The molecule has 12 heteroatoms. The molecule has 0 saturated carbocycles. The number of nitrogens with zero attached hydrogens (tertiary/aromatic N) is 3. The van der Waals surface area contributed by atoms with Gasteiger partial charge in [-0.3, -0.25) is 4.79 Å². The van der Waals surface area contributed by atoms with Crippen LogP contribution in [0.15, 0.2) is 41.3 Å². The van der Waals surface area contributed by atoms with Crippen molar-refractivity contribution in [2.24, 2.45) is 5.41 Å². The van der Waals surface area contributed by atoms with Crippen molar-refractivity contribution >= 4 is 39.1 Å². The second-order valence-corrected chi connectivity index (χ2v) is 13.2. The van der Waals surface area contributed by atoms with Crippen LogP contribution in [0, 0.1) is 5.41 Å². The molecule has 1 atom stereocenters. The second kappa shape index (κ2) is 11.7. The Hall–Kier alpha value is -2.24. The zero-order valence-corrected chi connectivity index (χ0v) is 24.2. The Morgan fingerprint density at radius 1 is 1.00 bits per heavy atom. The highest BCUT2D eigenvalue weighted by atomic mass is 35.5. The smallest absolute Gasteiger partial charge is 0.244 e. The number of amides is 1. The average molecular weight is 599 g/mol. The maximum Gasteiger partial charge on any atom is 0.244 e. The predicted octanol–water partition coefficient (Wildman–Crippen LogP) is 3.78. The monoisotopic (exact) mass is 597 g/mol. The summed E-state index contributed by atoms with van der Waals surface area (Å²) in [4.78, 5) is 17.5. The largest absolute Gasteiger partial charge is 0.493 e. The normalized spacial score (nSPS) is 22.5. The van der Waals surface area contributed by atoms with E-state index in [1.807, 2.05) is 11.9 Å². The summed E-state index contributed by atoms with van der Waals surface area (Å²) in [7, 11) is -1.95. The number of rotatable bonds is 7. The van der Waals surface area contributed by atoms with Gasteiger partial charge in [0.25, 0.3) is 0 Å². The summed E-state index contributed by atoms with van der Waals surface area (Å²) in [5, 5.41) is 0.662. The van der Waals surface area contributed by atoms with Crippen LogP contribution in [0.4, 0.5) is 0 Å². The highest BCUT2D eigenvalue weighted by molar-refractivity contribution is 7.89. The molecular formula is C27H33Cl2N3O6S. The van der Waals surface area contributed by atoms with Crippen molar-refractivity contribution in [2.45, 2.75) is 24.2 Å². The van der Waals surface area contributed by atoms with E-state index in [1.165, 1.54) is 16.4 Å². The van der Waals surface area contributed by atoms with E-state index in [1.54, 1.807) is 24.3 Å². The van der Waals surface area contributed by atoms with Crippen molar-refractivity contribution in [1.82, 2.24) is 14.1 Å². The van der Waals surface area contributed by atoms with E-state index < -0.39 is 15.4 Å². The fraction of sp³-hybridized carbons (Fsp3) is 0.519. The molecule has 3 heterocycles. The lowest BCUT2D eigenvalue weighted by Gasteiger charge is -2.43. The molecule has 3 aliphatic rings. The van der Waals surface area contributed by atoms with Gasteiger partial charge in [0.05, 0.1) is 11.6 Å². The van der Waals surface area contributed by atoms with Crippen LogP contribution < -0.4 is 14.2 Å². The first-order valence-corrected chi connectivity index (χ1v) is 15.3. The molecule has 2 fully saturated rings. The van der Waals surface area contributed by atoms with E-state index in [9.17, 15) is 13.2 Å². The third-order valence-corrected chi connectivity index (χ3v) is 10.1. The van der Waals surface area contributed by atoms with Crippen LogP contribution in [0.25, 0.3) is 0 Å². The first-order valence-electron chi connectivity index (χ1n) is 13.1. The van der Waals surface area contributed by atoms with Crippen LogP contribution in [0.2, 0.25) is 10.0 Å². The molecule has 5 rings (SSSR count). The van der Waals surface area contributed by atoms with Crippen LogP contribution in [-0.2, 0) is 14.8 Å². The Balaban J connectivity index is 1.40. The Labute approximate surface area is 239 Å². The fourth-order valence-corrected chi connectivity index (χ4v) is 7.54. The van der Waals surface area contributed by atoms with Crippen molar-refractivity contribution in [2.75, 3.05) is 66.1 Å². The molecule has 0 aromatic heterocycles. The maximum atomic E-state index is 13.9. The van der Waals surface area contributed by atoms with Crippen molar-refractivity contribution in [3.63, 3.8) is 0 Å². The Kier molecular flexibility index (Phi) is 8.49. The van der Waals surface area contributed by atoms with E-state index in [0.29, 0.717) is 68.0 Å². The molecule has 9 nitrogen and oxygen atoms in total. The van der Waals surface area contributed by atoms with Crippen molar-refractivity contribution in [3.8, 4) is 17.2 Å². The van der Waals surface area contributed by atoms with Crippen molar-refractivity contribution < 1.29 is 27.4 Å². The van der Waals surface area contributed by atoms with Gasteiger partial charge in [-0.05, 0) is 44.2 Å². The number of likely N-dealkylation sites (N-methyl/N-ethyl adjacent to an activating group) is 1. The second-order valence-electron chi connectivity index (χ2n) is 10.5. The minimum atomic E-state index is -3.99. The van der Waals surface area contributed by atoms with E-state index >= 15 is 0 Å². The van der Waals surface area contributed by atoms with Crippen LogP contribution >= 0.6 is 23.2 Å². The van der Waals surface area contributed by atoms with Gasteiger partial charge in [0.1, 0.15) is 23.9 Å². The third-order valence-electron chi connectivity index (χ3n) is 7.58. The number of carbonyl (C=O) groups excluding carboxylic acids is 1. The lowest BCUT2D eigenvalue weighted by molar-refractivity contribution is -0.136. The summed E-state index contributed by atoms with van der Waals surface area (Å²) in [5.41, 5.74) is -0.717. The van der Waals surface area contributed by atoms with Crippen LogP contribution in [0.3, 0.4) is 0 Å². The molecule has 39 heavy (non-hydrogen) atoms. The van der Waals surface area contributed by atoms with E-state index in [0.717, 1.165) is 13.1 Å². The Morgan fingerprint density at radius 2 is 1.67 bits per heavy atom. The van der Waals surface area contributed by atoms with Crippen molar-refractivity contribution in [3.05, 3.63) is 46.4 Å². The number of carbonyl (C=O) groups is 1. The summed E-state index contributed by atoms with van der Waals surface area (Å²) < 4.78 is 46.6.